The molecule has 0 aliphatic carbocycles. The van der Waals surface area contributed by atoms with E-state index in [4.69, 9.17) is 0 Å². The zero-order chi connectivity index (χ0) is 12.4. The normalized spacial score (nSPS) is 18.9. The predicted octanol–water partition coefficient (Wildman–Crippen LogP) is 1.28. The molecule has 2 nitrogen and oxygen atoms in total. The van der Waals surface area contributed by atoms with Gasteiger partial charge in [-0.15, -0.1) is 0 Å². The Kier molecular flexibility index (Phi) is 4.12. The lowest BCUT2D eigenvalue weighted by molar-refractivity contribution is 0.557. The Balaban J connectivity index is 3.00. The van der Waals surface area contributed by atoms with Gasteiger partial charge in [0, 0.05) is 0 Å². The van der Waals surface area contributed by atoms with Gasteiger partial charge in [0.2, 0.25) is 16.6 Å². The minimum absolute atomic E-state index is 0.827. The molecule has 0 heterocycles. The van der Waals surface area contributed by atoms with E-state index in [0.29, 0.717) is 0 Å². The van der Waals surface area contributed by atoms with Gasteiger partial charge in [0.15, 0.2) is 0 Å². The minimum Gasteiger partial charge on any atom is -0.428 e. The van der Waals surface area contributed by atoms with E-state index in [1.807, 2.05) is 51.2 Å². The summed E-state index contributed by atoms with van der Waals surface area (Å²) >= 11 is 0. The van der Waals surface area contributed by atoms with E-state index >= 15 is 0 Å². The summed E-state index contributed by atoms with van der Waals surface area (Å²) in [6.45, 7) is 7.96. The van der Waals surface area contributed by atoms with E-state index in [0.717, 1.165) is 22.5 Å². The minimum atomic E-state index is -2.21. The largest absolute Gasteiger partial charge is 0.428 e. The molecule has 0 radical (unpaired) electrons. The molecule has 2 unspecified atom stereocenters. The van der Waals surface area contributed by atoms with Gasteiger partial charge in [-0.3, -0.25) is 0 Å². The number of benzene rings is 1. The van der Waals surface area contributed by atoms with Crippen LogP contribution in [-0.4, -0.2) is 26.2 Å². The summed E-state index contributed by atoms with van der Waals surface area (Å²) < 4.78 is 0. The van der Waals surface area contributed by atoms with Crippen molar-refractivity contribution in [1.29, 1.82) is 0 Å². The molecule has 0 aromatic heterocycles. The quantitative estimate of drug-likeness (QED) is 0.795. The van der Waals surface area contributed by atoms with Gasteiger partial charge >= 0.3 is 0 Å². The Hall–Kier alpha value is -0.426. The number of hydrogen-bond donors (Lipinski definition) is 2. The van der Waals surface area contributed by atoms with Gasteiger partial charge in [-0.2, -0.15) is 0 Å². The summed E-state index contributed by atoms with van der Waals surface area (Å²) in [5.74, 6) is 0. The average Bonchev–Trinajstić information content (AvgIpc) is 2.29. The highest BCUT2D eigenvalue weighted by Crippen LogP contribution is 2.07. The van der Waals surface area contributed by atoms with Gasteiger partial charge in [0.25, 0.3) is 0 Å². The van der Waals surface area contributed by atoms with Crippen molar-refractivity contribution in [3.05, 3.63) is 24.3 Å². The Morgan fingerprint density at radius 1 is 0.812 bits per heavy atom. The van der Waals surface area contributed by atoms with E-state index in [2.05, 4.69) is 0 Å². The molecule has 1 aromatic rings. The van der Waals surface area contributed by atoms with Crippen LogP contribution in [0.2, 0.25) is 25.2 Å². The highest BCUT2D eigenvalue weighted by molar-refractivity contribution is 6.85. The third kappa shape index (κ3) is 2.82. The van der Waals surface area contributed by atoms with Gasteiger partial charge < -0.3 is 9.59 Å². The van der Waals surface area contributed by atoms with Crippen molar-refractivity contribution in [2.75, 3.05) is 0 Å². The van der Waals surface area contributed by atoms with Crippen LogP contribution in [-0.2, 0) is 0 Å². The molecule has 0 saturated heterocycles. The lowest BCUT2D eigenvalue weighted by Gasteiger charge is -2.22. The molecule has 0 aliphatic heterocycles. The Morgan fingerprint density at radius 2 is 1.06 bits per heavy atom. The first-order valence-electron chi connectivity index (χ1n) is 5.89. The van der Waals surface area contributed by atoms with Crippen molar-refractivity contribution in [1.82, 2.24) is 0 Å². The molecule has 4 heteroatoms. The summed E-state index contributed by atoms with van der Waals surface area (Å²) in [5.41, 5.74) is 0. The van der Waals surface area contributed by atoms with Gasteiger partial charge in [-0.25, -0.2) is 0 Å². The first-order valence-corrected chi connectivity index (χ1v) is 11.2. The summed E-state index contributed by atoms with van der Waals surface area (Å²) in [6.07, 6.45) is 0. The summed E-state index contributed by atoms with van der Waals surface area (Å²) in [5, 5.41) is 2.11. The summed E-state index contributed by atoms with van der Waals surface area (Å²) in [7, 11) is -4.42. The van der Waals surface area contributed by atoms with Gasteiger partial charge in [-0.05, 0) is 35.6 Å². The monoisotopic (exact) mass is 254 g/mol. The van der Waals surface area contributed by atoms with Crippen LogP contribution in [0.3, 0.4) is 0 Å². The van der Waals surface area contributed by atoms with Crippen LogP contribution >= 0.6 is 0 Å². The van der Waals surface area contributed by atoms with Crippen LogP contribution in [0.15, 0.2) is 24.3 Å². The molecule has 0 aliphatic rings. The van der Waals surface area contributed by atoms with Gasteiger partial charge in [0.1, 0.15) is 0 Å². The van der Waals surface area contributed by atoms with Crippen LogP contribution in [0.5, 0.6) is 0 Å². The van der Waals surface area contributed by atoms with Crippen LogP contribution in [0.25, 0.3) is 0 Å². The Labute approximate surface area is 100 Å². The molecular weight excluding hydrogens is 232 g/mol. The SMILES string of the molecule is CC[Si](C)(O)c1ccc([Si](C)(O)CC)cc1. The first kappa shape index (κ1) is 13.6. The van der Waals surface area contributed by atoms with E-state index in [-0.39, 0.29) is 0 Å². The molecule has 0 bridgehead atoms. The predicted molar refractivity (Wildman–Crippen MR) is 74.3 cm³/mol. The van der Waals surface area contributed by atoms with Crippen molar-refractivity contribution in [3.63, 3.8) is 0 Å². The maximum absolute atomic E-state index is 10.2. The van der Waals surface area contributed by atoms with E-state index in [9.17, 15) is 9.59 Å². The molecule has 1 aromatic carbocycles. The maximum atomic E-state index is 10.2. The van der Waals surface area contributed by atoms with Gasteiger partial charge in [-0.1, -0.05) is 38.1 Å². The maximum Gasteiger partial charge on any atom is 0.216 e. The fourth-order valence-corrected chi connectivity index (χ4v) is 4.18. The van der Waals surface area contributed by atoms with Crippen molar-refractivity contribution in [2.45, 2.75) is 39.0 Å². The van der Waals surface area contributed by atoms with Crippen molar-refractivity contribution < 1.29 is 9.59 Å². The second kappa shape index (κ2) is 4.83. The Bertz CT molecular complexity index is 310. The standard InChI is InChI=1S/C12H22O2Si2/c1-5-15(3,13)11-7-9-12(10-8-11)16(4,14)6-2/h7-10,13-14H,5-6H2,1-4H3. The van der Waals surface area contributed by atoms with E-state index in [1.165, 1.54) is 0 Å². The number of rotatable bonds is 4. The fraction of sp³-hybridized carbons (Fsp3) is 0.500. The molecule has 0 amide bonds. The van der Waals surface area contributed by atoms with E-state index in [1.54, 1.807) is 0 Å². The summed E-state index contributed by atoms with van der Waals surface area (Å²) in [4.78, 5) is 20.5. The zero-order valence-electron chi connectivity index (χ0n) is 10.6. The molecular formula is C12H22O2Si2. The smallest absolute Gasteiger partial charge is 0.216 e. The van der Waals surface area contributed by atoms with E-state index < -0.39 is 16.6 Å². The third-order valence-corrected chi connectivity index (χ3v) is 9.41. The molecule has 16 heavy (non-hydrogen) atoms. The average molecular weight is 254 g/mol. The van der Waals surface area contributed by atoms with Crippen LogP contribution in [0.4, 0.5) is 0 Å². The highest BCUT2D eigenvalue weighted by atomic mass is 28.4. The first-order chi connectivity index (χ1) is 7.33. The molecule has 0 fully saturated rings. The second-order valence-electron chi connectivity index (χ2n) is 4.83. The van der Waals surface area contributed by atoms with Crippen molar-refractivity contribution in [2.24, 2.45) is 0 Å². The fourth-order valence-electron chi connectivity index (χ4n) is 1.60. The van der Waals surface area contributed by atoms with Crippen molar-refractivity contribution >= 4 is 27.0 Å². The lowest BCUT2D eigenvalue weighted by atomic mass is 10.4. The topological polar surface area (TPSA) is 40.5 Å². The van der Waals surface area contributed by atoms with Crippen molar-refractivity contribution in [3.8, 4) is 0 Å². The second-order valence-corrected chi connectivity index (χ2v) is 12.5. The lowest BCUT2D eigenvalue weighted by Crippen LogP contribution is -2.48. The Morgan fingerprint density at radius 3 is 1.25 bits per heavy atom. The van der Waals surface area contributed by atoms with Crippen LogP contribution in [0, 0.1) is 0 Å². The molecule has 2 atom stereocenters. The molecule has 1 rings (SSSR count). The zero-order valence-corrected chi connectivity index (χ0v) is 12.6. The molecule has 0 spiro atoms. The van der Waals surface area contributed by atoms with Crippen LogP contribution < -0.4 is 10.4 Å². The third-order valence-electron chi connectivity index (χ3n) is 3.51. The summed E-state index contributed by atoms with van der Waals surface area (Å²) in [6, 6.07) is 9.61. The highest BCUT2D eigenvalue weighted by Gasteiger charge is 2.27. The molecule has 2 N–H and O–H groups in total. The molecule has 0 saturated carbocycles. The van der Waals surface area contributed by atoms with Gasteiger partial charge in [0.05, 0.1) is 0 Å². The molecule has 90 valence electrons. The van der Waals surface area contributed by atoms with Crippen LogP contribution in [0.1, 0.15) is 13.8 Å². The number of hydrogen-bond acceptors (Lipinski definition) is 2.